The highest BCUT2D eigenvalue weighted by Crippen LogP contribution is 1.83. The second-order valence-corrected chi connectivity index (χ2v) is 2.84. The van der Waals surface area contributed by atoms with Gasteiger partial charge in [0.15, 0.2) is 0 Å². The number of carbonyl (C=O) groups is 2. The van der Waals surface area contributed by atoms with Crippen LogP contribution in [0.15, 0.2) is 12.7 Å². The number of likely N-dealkylation sites (N-methyl/N-ethyl adjacent to an activating group) is 2. The Morgan fingerprint density at radius 3 is 2.64 bits per heavy atom. The largest absolute Gasteiger partial charge is 0.358 e. The minimum absolute atomic E-state index is 0.0884. The third-order valence-corrected chi connectivity index (χ3v) is 1.65. The van der Waals surface area contributed by atoms with Crippen molar-refractivity contribution in [2.75, 3.05) is 33.7 Å². The Morgan fingerprint density at radius 2 is 2.14 bits per heavy atom. The van der Waals surface area contributed by atoms with E-state index in [1.807, 2.05) is 0 Å². The molecule has 2 amide bonds. The maximum atomic E-state index is 11.3. The van der Waals surface area contributed by atoms with E-state index in [1.165, 1.54) is 11.9 Å². The van der Waals surface area contributed by atoms with Crippen LogP contribution >= 0.6 is 0 Å². The average Bonchev–Trinajstić information content (AvgIpc) is 2.17. The molecule has 0 radical (unpaired) electrons. The molecular formula is C9H17N3O2. The minimum Gasteiger partial charge on any atom is -0.358 e. The lowest BCUT2D eigenvalue weighted by Gasteiger charge is -2.15. The first-order valence-electron chi connectivity index (χ1n) is 4.38. The molecule has 80 valence electrons. The van der Waals surface area contributed by atoms with E-state index in [4.69, 9.17) is 0 Å². The van der Waals surface area contributed by atoms with Crippen LogP contribution in [-0.2, 0) is 9.59 Å². The van der Waals surface area contributed by atoms with E-state index in [-0.39, 0.29) is 24.9 Å². The lowest BCUT2D eigenvalue weighted by Crippen LogP contribution is -2.41. The van der Waals surface area contributed by atoms with E-state index in [0.717, 1.165) is 0 Å². The van der Waals surface area contributed by atoms with Gasteiger partial charge in [-0.2, -0.15) is 0 Å². The first kappa shape index (κ1) is 12.6. The van der Waals surface area contributed by atoms with Crippen LogP contribution < -0.4 is 10.6 Å². The average molecular weight is 199 g/mol. The van der Waals surface area contributed by atoms with Crippen LogP contribution in [-0.4, -0.2) is 50.4 Å². The molecule has 0 heterocycles. The molecular weight excluding hydrogens is 182 g/mol. The lowest BCUT2D eigenvalue weighted by molar-refractivity contribution is -0.133. The Labute approximate surface area is 84.2 Å². The summed E-state index contributed by atoms with van der Waals surface area (Å²) in [6.07, 6.45) is 1.67. The standard InChI is InChI=1S/C9H17N3O2/c1-4-5-11-6-9(14)12(3)7-8(13)10-2/h4,11H,1,5-7H2,2-3H3,(H,10,13). The molecule has 5 heteroatoms. The molecule has 0 spiro atoms. The van der Waals surface area contributed by atoms with Crippen molar-refractivity contribution in [1.29, 1.82) is 0 Å². The van der Waals surface area contributed by atoms with E-state index in [1.54, 1.807) is 13.1 Å². The van der Waals surface area contributed by atoms with Crippen molar-refractivity contribution >= 4 is 11.8 Å². The highest BCUT2D eigenvalue weighted by molar-refractivity contribution is 5.85. The molecule has 0 aromatic carbocycles. The van der Waals surface area contributed by atoms with Crippen molar-refractivity contribution in [3.05, 3.63) is 12.7 Å². The van der Waals surface area contributed by atoms with Gasteiger partial charge < -0.3 is 15.5 Å². The number of carbonyl (C=O) groups excluding carboxylic acids is 2. The molecule has 0 saturated carbocycles. The van der Waals surface area contributed by atoms with Crippen LogP contribution in [0.1, 0.15) is 0 Å². The fraction of sp³-hybridized carbons (Fsp3) is 0.556. The van der Waals surface area contributed by atoms with Crippen LogP contribution in [0.4, 0.5) is 0 Å². The van der Waals surface area contributed by atoms with Gasteiger partial charge in [0, 0.05) is 20.6 Å². The van der Waals surface area contributed by atoms with Gasteiger partial charge in [-0.25, -0.2) is 0 Å². The fourth-order valence-electron chi connectivity index (χ4n) is 0.799. The number of hydrogen-bond acceptors (Lipinski definition) is 3. The molecule has 2 N–H and O–H groups in total. The van der Waals surface area contributed by atoms with Crippen molar-refractivity contribution < 1.29 is 9.59 Å². The molecule has 0 aromatic rings. The van der Waals surface area contributed by atoms with Gasteiger partial charge >= 0.3 is 0 Å². The number of nitrogens with one attached hydrogen (secondary N) is 2. The van der Waals surface area contributed by atoms with Gasteiger partial charge in [-0.3, -0.25) is 9.59 Å². The van der Waals surface area contributed by atoms with Crippen molar-refractivity contribution in [3.63, 3.8) is 0 Å². The zero-order valence-corrected chi connectivity index (χ0v) is 8.67. The fourth-order valence-corrected chi connectivity index (χ4v) is 0.799. The number of hydrogen-bond donors (Lipinski definition) is 2. The smallest absolute Gasteiger partial charge is 0.239 e. The third kappa shape index (κ3) is 5.31. The molecule has 0 aromatic heterocycles. The highest BCUT2D eigenvalue weighted by atomic mass is 16.2. The van der Waals surface area contributed by atoms with E-state index >= 15 is 0 Å². The maximum absolute atomic E-state index is 11.3. The van der Waals surface area contributed by atoms with Gasteiger partial charge in [0.1, 0.15) is 0 Å². The molecule has 0 unspecified atom stereocenters. The Hall–Kier alpha value is -1.36. The first-order valence-corrected chi connectivity index (χ1v) is 4.38. The summed E-state index contributed by atoms with van der Waals surface area (Å²) in [5.41, 5.74) is 0. The first-order chi connectivity index (χ1) is 6.61. The normalized spacial score (nSPS) is 9.29. The van der Waals surface area contributed by atoms with Crippen molar-refractivity contribution in [3.8, 4) is 0 Å². The Kier molecular flexibility index (Phi) is 6.39. The predicted molar refractivity (Wildman–Crippen MR) is 54.8 cm³/mol. The van der Waals surface area contributed by atoms with Crippen LogP contribution in [0.3, 0.4) is 0 Å². The van der Waals surface area contributed by atoms with Gasteiger partial charge in [0.25, 0.3) is 0 Å². The molecule has 0 aliphatic rings. The van der Waals surface area contributed by atoms with Crippen molar-refractivity contribution in [1.82, 2.24) is 15.5 Å². The highest BCUT2D eigenvalue weighted by Gasteiger charge is 2.10. The molecule has 0 aliphatic carbocycles. The number of rotatable bonds is 6. The topological polar surface area (TPSA) is 61.4 Å². The van der Waals surface area contributed by atoms with Gasteiger partial charge in [-0.15, -0.1) is 6.58 Å². The summed E-state index contributed by atoms with van der Waals surface area (Å²) in [6, 6.07) is 0. The van der Waals surface area contributed by atoms with E-state index in [2.05, 4.69) is 17.2 Å². The van der Waals surface area contributed by atoms with Gasteiger partial charge in [0.05, 0.1) is 13.1 Å². The number of amides is 2. The Bertz CT molecular complexity index is 216. The molecule has 0 aliphatic heterocycles. The summed E-state index contributed by atoms with van der Waals surface area (Å²) in [7, 11) is 3.13. The van der Waals surface area contributed by atoms with Gasteiger partial charge in [-0.05, 0) is 0 Å². The quantitative estimate of drug-likeness (QED) is 0.424. The zero-order chi connectivity index (χ0) is 11.0. The van der Waals surface area contributed by atoms with E-state index in [9.17, 15) is 9.59 Å². The summed E-state index contributed by atoms with van der Waals surface area (Å²) in [6.45, 7) is 4.41. The molecule has 0 bridgehead atoms. The SMILES string of the molecule is C=CCNCC(=O)N(C)CC(=O)NC. The summed E-state index contributed by atoms with van der Waals surface area (Å²) >= 11 is 0. The Balaban J connectivity index is 3.75. The van der Waals surface area contributed by atoms with Crippen molar-refractivity contribution in [2.45, 2.75) is 0 Å². The molecule has 0 atom stereocenters. The van der Waals surface area contributed by atoms with E-state index in [0.29, 0.717) is 6.54 Å². The molecule has 0 fully saturated rings. The minimum atomic E-state index is -0.176. The number of nitrogens with zero attached hydrogens (tertiary/aromatic N) is 1. The summed E-state index contributed by atoms with van der Waals surface area (Å²) in [5, 5.41) is 5.31. The summed E-state index contributed by atoms with van der Waals surface area (Å²) in [5.74, 6) is -0.292. The monoisotopic (exact) mass is 199 g/mol. The Morgan fingerprint density at radius 1 is 1.50 bits per heavy atom. The van der Waals surface area contributed by atoms with Gasteiger partial charge in [0.2, 0.25) is 11.8 Å². The second kappa shape index (κ2) is 7.08. The predicted octanol–water partition coefficient (Wildman–Crippen LogP) is -1.03. The van der Waals surface area contributed by atoms with Crippen LogP contribution in [0.2, 0.25) is 0 Å². The second-order valence-electron chi connectivity index (χ2n) is 2.84. The molecule has 0 saturated heterocycles. The van der Waals surface area contributed by atoms with Gasteiger partial charge in [-0.1, -0.05) is 6.08 Å². The van der Waals surface area contributed by atoms with Crippen molar-refractivity contribution in [2.24, 2.45) is 0 Å². The summed E-state index contributed by atoms with van der Waals surface area (Å²) < 4.78 is 0. The van der Waals surface area contributed by atoms with Crippen LogP contribution in [0, 0.1) is 0 Å². The van der Waals surface area contributed by atoms with Crippen LogP contribution in [0.5, 0.6) is 0 Å². The molecule has 14 heavy (non-hydrogen) atoms. The molecule has 5 nitrogen and oxygen atoms in total. The third-order valence-electron chi connectivity index (χ3n) is 1.65. The lowest BCUT2D eigenvalue weighted by atomic mass is 10.4. The maximum Gasteiger partial charge on any atom is 0.239 e. The zero-order valence-electron chi connectivity index (χ0n) is 8.67. The van der Waals surface area contributed by atoms with Crippen LogP contribution in [0.25, 0.3) is 0 Å². The molecule has 0 rings (SSSR count). The van der Waals surface area contributed by atoms with E-state index < -0.39 is 0 Å². The summed E-state index contributed by atoms with van der Waals surface area (Å²) in [4.78, 5) is 23.6.